The van der Waals surface area contributed by atoms with Crippen molar-refractivity contribution in [1.82, 2.24) is 20.0 Å². The topological polar surface area (TPSA) is 59.4 Å². The van der Waals surface area contributed by atoms with E-state index in [1.54, 1.807) is 4.68 Å². The van der Waals surface area contributed by atoms with E-state index >= 15 is 0 Å². The van der Waals surface area contributed by atoms with Gasteiger partial charge < -0.3 is 10.1 Å². The molecule has 1 amide bonds. The van der Waals surface area contributed by atoms with E-state index in [4.69, 9.17) is 9.84 Å². The van der Waals surface area contributed by atoms with Gasteiger partial charge in [0.1, 0.15) is 5.69 Å². The minimum absolute atomic E-state index is 0.104. The van der Waals surface area contributed by atoms with Gasteiger partial charge in [-0.2, -0.15) is 5.10 Å². The van der Waals surface area contributed by atoms with Crippen LogP contribution in [-0.2, 0) is 4.74 Å². The molecule has 3 aromatic rings. The lowest BCUT2D eigenvalue weighted by Crippen LogP contribution is -2.38. The number of carbonyl (C=O) groups is 1. The first-order valence-electron chi connectivity index (χ1n) is 10.5. The third-order valence-electron chi connectivity index (χ3n) is 5.33. The van der Waals surface area contributed by atoms with Crippen LogP contribution >= 0.6 is 0 Å². The second-order valence-electron chi connectivity index (χ2n) is 7.59. The Hall–Kier alpha value is -2.96. The number of aryl methyl sites for hydroxylation is 1. The first-order valence-corrected chi connectivity index (χ1v) is 10.5. The highest BCUT2D eigenvalue weighted by molar-refractivity contribution is 5.94. The number of nitrogens with zero attached hydrogens (tertiary/aromatic N) is 3. The van der Waals surface area contributed by atoms with Crippen LogP contribution in [-0.4, -0.2) is 60.0 Å². The van der Waals surface area contributed by atoms with Gasteiger partial charge in [-0.3, -0.25) is 9.69 Å². The van der Waals surface area contributed by atoms with Crippen molar-refractivity contribution in [3.8, 4) is 16.9 Å². The molecule has 1 fully saturated rings. The summed E-state index contributed by atoms with van der Waals surface area (Å²) in [6, 6.07) is 19.9. The van der Waals surface area contributed by atoms with Crippen molar-refractivity contribution < 1.29 is 9.53 Å². The van der Waals surface area contributed by atoms with E-state index < -0.39 is 0 Å². The molecule has 0 aliphatic carbocycles. The number of carbonyl (C=O) groups excluding carboxylic acids is 1. The van der Waals surface area contributed by atoms with Crippen molar-refractivity contribution in [2.45, 2.75) is 13.3 Å². The van der Waals surface area contributed by atoms with Crippen molar-refractivity contribution >= 4 is 5.91 Å². The summed E-state index contributed by atoms with van der Waals surface area (Å²) in [5.41, 5.74) is 4.37. The molecule has 6 nitrogen and oxygen atoms in total. The van der Waals surface area contributed by atoms with Crippen molar-refractivity contribution in [1.29, 1.82) is 0 Å². The maximum Gasteiger partial charge on any atom is 0.270 e. The molecule has 0 unspecified atom stereocenters. The maximum absolute atomic E-state index is 13.0. The fraction of sp³-hybridized carbons (Fsp3) is 0.333. The van der Waals surface area contributed by atoms with Crippen LogP contribution in [0.25, 0.3) is 16.9 Å². The monoisotopic (exact) mass is 404 g/mol. The first-order chi connectivity index (χ1) is 14.7. The van der Waals surface area contributed by atoms with Crippen LogP contribution in [0.2, 0.25) is 0 Å². The van der Waals surface area contributed by atoms with Gasteiger partial charge in [-0.25, -0.2) is 4.68 Å². The average molecular weight is 405 g/mol. The molecule has 0 radical (unpaired) electrons. The van der Waals surface area contributed by atoms with Gasteiger partial charge in [0.15, 0.2) is 0 Å². The summed E-state index contributed by atoms with van der Waals surface area (Å²) >= 11 is 0. The van der Waals surface area contributed by atoms with Gasteiger partial charge in [-0.15, -0.1) is 0 Å². The fourth-order valence-corrected chi connectivity index (χ4v) is 3.60. The first kappa shape index (κ1) is 20.3. The quantitative estimate of drug-likeness (QED) is 0.614. The van der Waals surface area contributed by atoms with Gasteiger partial charge in [0.05, 0.1) is 24.6 Å². The van der Waals surface area contributed by atoms with Crippen molar-refractivity contribution in [2.24, 2.45) is 0 Å². The number of nitrogens with one attached hydrogen (secondary N) is 1. The standard InChI is InChI=1S/C24H28N4O2/c1-19-8-10-21(11-9-19)28-23(18-22(26-28)20-6-3-2-4-7-20)24(29)25-12-5-13-27-14-16-30-17-15-27/h2-4,6-11,18H,5,12-17H2,1H3,(H,25,29). The number of ether oxygens (including phenoxy) is 1. The van der Waals surface area contributed by atoms with Gasteiger partial charge in [0, 0.05) is 25.2 Å². The van der Waals surface area contributed by atoms with E-state index in [-0.39, 0.29) is 5.91 Å². The van der Waals surface area contributed by atoms with Gasteiger partial charge in [0.25, 0.3) is 5.91 Å². The normalized spacial score (nSPS) is 14.6. The molecule has 0 atom stereocenters. The molecule has 2 aromatic carbocycles. The molecule has 1 aromatic heterocycles. The van der Waals surface area contributed by atoms with Crippen LogP contribution < -0.4 is 5.32 Å². The molecule has 156 valence electrons. The largest absolute Gasteiger partial charge is 0.379 e. The summed E-state index contributed by atoms with van der Waals surface area (Å²) in [5.74, 6) is -0.104. The Labute approximate surface area is 177 Å². The van der Waals surface area contributed by atoms with Crippen LogP contribution in [0.4, 0.5) is 0 Å². The second kappa shape index (κ2) is 9.69. The molecule has 1 N–H and O–H groups in total. The summed E-state index contributed by atoms with van der Waals surface area (Å²) in [5, 5.41) is 7.80. The van der Waals surface area contributed by atoms with Crippen LogP contribution in [0.15, 0.2) is 60.7 Å². The molecule has 1 aliphatic heterocycles. The third kappa shape index (κ3) is 4.96. The smallest absolute Gasteiger partial charge is 0.270 e. The van der Waals surface area contributed by atoms with Gasteiger partial charge in [-0.1, -0.05) is 48.0 Å². The molecular formula is C24H28N4O2. The third-order valence-corrected chi connectivity index (χ3v) is 5.33. The Morgan fingerprint density at radius 3 is 2.53 bits per heavy atom. The SMILES string of the molecule is Cc1ccc(-n2nc(-c3ccccc3)cc2C(=O)NCCCN2CCOCC2)cc1. The molecule has 0 spiro atoms. The highest BCUT2D eigenvalue weighted by Gasteiger charge is 2.18. The lowest BCUT2D eigenvalue weighted by atomic mass is 10.1. The Morgan fingerprint density at radius 2 is 1.80 bits per heavy atom. The number of aromatic nitrogens is 2. The summed E-state index contributed by atoms with van der Waals surface area (Å²) in [6.45, 7) is 7.17. The van der Waals surface area contributed by atoms with Crippen molar-refractivity contribution in [3.05, 3.63) is 71.9 Å². The van der Waals surface area contributed by atoms with E-state index in [2.05, 4.69) is 10.2 Å². The molecule has 2 heterocycles. The predicted molar refractivity (Wildman–Crippen MR) is 118 cm³/mol. The van der Waals surface area contributed by atoms with Crippen LogP contribution in [0.5, 0.6) is 0 Å². The van der Waals surface area contributed by atoms with E-state index in [0.29, 0.717) is 12.2 Å². The maximum atomic E-state index is 13.0. The molecule has 30 heavy (non-hydrogen) atoms. The summed E-state index contributed by atoms with van der Waals surface area (Å²) < 4.78 is 7.12. The van der Waals surface area contributed by atoms with E-state index in [0.717, 1.165) is 56.2 Å². The Morgan fingerprint density at radius 1 is 1.07 bits per heavy atom. The van der Waals surface area contributed by atoms with E-state index in [1.807, 2.05) is 67.6 Å². The number of morpholine rings is 1. The summed E-state index contributed by atoms with van der Waals surface area (Å²) in [6.07, 6.45) is 0.913. The van der Waals surface area contributed by atoms with Crippen LogP contribution in [0.3, 0.4) is 0 Å². The van der Waals surface area contributed by atoms with Gasteiger partial charge >= 0.3 is 0 Å². The van der Waals surface area contributed by atoms with Crippen molar-refractivity contribution in [2.75, 3.05) is 39.4 Å². The Balaban J connectivity index is 1.49. The number of hydrogen-bond acceptors (Lipinski definition) is 4. The minimum atomic E-state index is -0.104. The molecule has 1 aliphatic rings. The number of hydrogen-bond donors (Lipinski definition) is 1. The van der Waals surface area contributed by atoms with E-state index in [1.165, 1.54) is 5.56 Å². The lowest BCUT2D eigenvalue weighted by Gasteiger charge is -2.26. The predicted octanol–water partition coefficient (Wildman–Crippen LogP) is 3.30. The highest BCUT2D eigenvalue weighted by atomic mass is 16.5. The molecular weight excluding hydrogens is 376 g/mol. The second-order valence-corrected chi connectivity index (χ2v) is 7.59. The highest BCUT2D eigenvalue weighted by Crippen LogP contribution is 2.22. The van der Waals surface area contributed by atoms with E-state index in [9.17, 15) is 4.79 Å². The zero-order chi connectivity index (χ0) is 20.8. The molecule has 1 saturated heterocycles. The molecule has 6 heteroatoms. The van der Waals surface area contributed by atoms with Crippen LogP contribution in [0.1, 0.15) is 22.5 Å². The zero-order valence-corrected chi connectivity index (χ0v) is 17.4. The summed E-state index contributed by atoms with van der Waals surface area (Å²) in [4.78, 5) is 15.4. The fourth-order valence-electron chi connectivity index (χ4n) is 3.60. The molecule has 0 bridgehead atoms. The zero-order valence-electron chi connectivity index (χ0n) is 17.4. The molecule has 0 saturated carbocycles. The lowest BCUT2D eigenvalue weighted by molar-refractivity contribution is 0.0374. The number of rotatable bonds is 7. The molecule has 4 rings (SSSR count). The number of amides is 1. The minimum Gasteiger partial charge on any atom is -0.379 e. The Bertz CT molecular complexity index is 961. The van der Waals surface area contributed by atoms with Gasteiger partial charge in [-0.05, 0) is 38.1 Å². The average Bonchev–Trinajstić information content (AvgIpc) is 3.24. The summed E-state index contributed by atoms with van der Waals surface area (Å²) in [7, 11) is 0. The Kier molecular flexibility index (Phi) is 6.57. The van der Waals surface area contributed by atoms with Gasteiger partial charge in [0.2, 0.25) is 0 Å². The van der Waals surface area contributed by atoms with Crippen LogP contribution in [0, 0.1) is 6.92 Å². The number of benzene rings is 2. The van der Waals surface area contributed by atoms with Crippen molar-refractivity contribution in [3.63, 3.8) is 0 Å².